The molecular weight excluding hydrogens is 275 g/mol. The van der Waals surface area contributed by atoms with Gasteiger partial charge < -0.3 is 5.32 Å². The third-order valence-corrected chi connectivity index (χ3v) is 3.11. The normalized spacial score (nSPS) is 12.8. The van der Waals surface area contributed by atoms with E-state index in [0.717, 1.165) is 0 Å². The zero-order chi connectivity index (χ0) is 15.0. The summed E-state index contributed by atoms with van der Waals surface area (Å²) in [4.78, 5) is 34.9. The molecule has 1 heterocycles. The molecule has 21 heavy (non-hydrogen) atoms. The molecule has 3 amide bonds. The lowest BCUT2D eigenvalue weighted by molar-refractivity contribution is 0.0878. The number of hydrogen-bond acceptors (Lipinski definition) is 3. The number of carbonyl (C=O) groups is 3. The molecular formula is C15H9FN2O3. The van der Waals surface area contributed by atoms with Gasteiger partial charge in [-0.25, -0.2) is 4.39 Å². The van der Waals surface area contributed by atoms with Crippen molar-refractivity contribution in [2.45, 2.75) is 0 Å². The van der Waals surface area contributed by atoms with Crippen LogP contribution in [-0.4, -0.2) is 17.7 Å². The van der Waals surface area contributed by atoms with Gasteiger partial charge in [0.2, 0.25) is 0 Å². The summed E-state index contributed by atoms with van der Waals surface area (Å²) in [5.74, 6) is -2.25. The van der Waals surface area contributed by atoms with Crippen molar-refractivity contribution in [1.29, 1.82) is 0 Å². The monoisotopic (exact) mass is 284 g/mol. The first kappa shape index (κ1) is 13.0. The molecule has 2 aromatic rings. The van der Waals surface area contributed by atoms with Crippen LogP contribution >= 0.6 is 0 Å². The molecule has 1 aliphatic heterocycles. The van der Waals surface area contributed by atoms with Gasteiger partial charge in [-0.15, -0.1) is 0 Å². The molecule has 0 bridgehead atoms. The van der Waals surface area contributed by atoms with Crippen LogP contribution in [0.15, 0.2) is 42.5 Å². The summed E-state index contributed by atoms with van der Waals surface area (Å²) in [7, 11) is 0. The number of anilines is 1. The van der Waals surface area contributed by atoms with Gasteiger partial charge in [0, 0.05) is 5.69 Å². The number of benzene rings is 2. The molecule has 0 atom stereocenters. The Bertz CT molecular complexity index is 786. The van der Waals surface area contributed by atoms with Crippen molar-refractivity contribution in [3.8, 4) is 0 Å². The first-order valence-electron chi connectivity index (χ1n) is 6.12. The largest absolute Gasteiger partial charge is 0.322 e. The zero-order valence-corrected chi connectivity index (χ0v) is 10.6. The maximum absolute atomic E-state index is 13.5. The molecule has 2 aromatic carbocycles. The fraction of sp³-hybridized carbons (Fsp3) is 0. The van der Waals surface area contributed by atoms with E-state index in [-0.39, 0.29) is 16.7 Å². The van der Waals surface area contributed by atoms with Gasteiger partial charge in [0.25, 0.3) is 17.7 Å². The van der Waals surface area contributed by atoms with E-state index in [0.29, 0.717) is 5.69 Å². The number of hydrogen-bond donors (Lipinski definition) is 2. The lowest BCUT2D eigenvalue weighted by Gasteiger charge is -2.06. The van der Waals surface area contributed by atoms with Crippen molar-refractivity contribution in [1.82, 2.24) is 5.32 Å². The Kier molecular flexibility index (Phi) is 2.98. The van der Waals surface area contributed by atoms with Crippen LogP contribution in [0.5, 0.6) is 0 Å². The minimum atomic E-state index is -0.635. The van der Waals surface area contributed by atoms with Crippen molar-refractivity contribution in [2.75, 3.05) is 5.32 Å². The average molecular weight is 284 g/mol. The second-order valence-electron chi connectivity index (χ2n) is 4.48. The zero-order valence-electron chi connectivity index (χ0n) is 10.6. The van der Waals surface area contributed by atoms with Crippen molar-refractivity contribution >= 4 is 23.4 Å². The lowest BCUT2D eigenvalue weighted by atomic mass is 10.1. The van der Waals surface area contributed by atoms with Crippen molar-refractivity contribution in [3.05, 3.63) is 65.0 Å². The molecule has 0 aliphatic carbocycles. The van der Waals surface area contributed by atoms with Crippen LogP contribution in [0.3, 0.4) is 0 Å². The topological polar surface area (TPSA) is 75.3 Å². The van der Waals surface area contributed by atoms with E-state index in [1.165, 1.54) is 36.4 Å². The Hall–Kier alpha value is -3.02. The number of carbonyl (C=O) groups excluding carboxylic acids is 3. The Morgan fingerprint density at radius 2 is 1.71 bits per heavy atom. The summed E-state index contributed by atoms with van der Waals surface area (Å²) in [5.41, 5.74) is 0.653. The van der Waals surface area contributed by atoms with Crippen LogP contribution in [0.4, 0.5) is 10.1 Å². The van der Waals surface area contributed by atoms with Crippen molar-refractivity contribution in [2.24, 2.45) is 0 Å². The van der Waals surface area contributed by atoms with Crippen molar-refractivity contribution < 1.29 is 18.8 Å². The summed E-state index contributed by atoms with van der Waals surface area (Å²) in [5, 5.41) is 4.65. The highest BCUT2D eigenvalue weighted by Gasteiger charge is 2.26. The Morgan fingerprint density at radius 3 is 2.48 bits per heavy atom. The molecule has 0 saturated heterocycles. The third-order valence-electron chi connectivity index (χ3n) is 3.11. The quantitative estimate of drug-likeness (QED) is 0.828. The fourth-order valence-corrected chi connectivity index (χ4v) is 2.09. The van der Waals surface area contributed by atoms with E-state index in [1.54, 1.807) is 6.07 Å². The standard InChI is InChI=1S/C15H9FN2O3/c16-12-4-2-1-3-10(12)14(20)17-8-5-6-9-11(7-8)15(21)18-13(9)19/h1-7H,(H,17,20)(H,18,19,21). The highest BCUT2D eigenvalue weighted by Crippen LogP contribution is 2.21. The second kappa shape index (κ2) is 4.82. The summed E-state index contributed by atoms with van der Waals surface area (Å²) in [6.07, 6.45) is 0. The predicted octanol–water partition coefficient (Wildman–Crippen LogP) is 1.96. The van der Waals surface area contributed by atoms with Gasteiger partial charge >= 0.3 is 0 Å². The second-order valence-corrected chi connectivity index (χ2v) is 4.48. The van der Waals surface area contributed by atoms with Crippen LogP contribution in [0, 0.1) is 5.82 Å². The van der Waals surface area contributed by atoms with Crippen LogP contribution in [-0.2, 0) is 0 Å². The van der Waals surface area contributed by atoms with Gasteiger partial charge in [-0.1, -0.05) is 12.1 Å². The van der Waals surface area contributed by atoms with E-state index in [4.69, 9.17) is 0 Å². The Balaban J connectivity index is 1.88. The molecule has 3 rings (SSSR count). The lowest BCUT2D eigenvalue weighted by Crippen LogP contribution is -2.19. The van der Waals surface area contributed by atoms with Gasteiger partial charge in [0.1, 0.15) is 5.82 Å². The molecule has 0 fully saturated rings. The Labute approximate surface area is 118 Å². The number of amides is 3. The molecule has 6 heteroatoms. The summed E-state index contributed by atoms with van der Waals surface area (Å²) in [6.45, 7) is 0. The predicted molar refractivity (Wildman–Crippen MR) is 72.6 cm³/mol. The molecule has 2 N–H and O–H groups in total. The molecule has 1 aliphatic rings. The number of nitrogens with one attached hydrogen (secondary N) is 2. The van der Waals surface area contributed by atoms with Gasteiger partial charge in [-0.3, -0.25) is 19.7 Å². The first-order chi connectivity index (χ1) is 10.1. The highest BCUT2D eigenvalue weighted by molar-refractivity contribution is 6.22. The van der Waals surface area contributed by atoms with Gasteiger partial charge in [0.15, 0.2) is 0 Å². The van der Waals surface area contributed by atoms with E-state index < -0.39 is 23.5 Å². The number of imide groups is 1. The molecule has 0 unspecified atom stereocenters. The molecule has 5 nitrogen and oxygen atoms in total. The van der Waals surface area contributed by atoms with Gasteiger partial charge in [0.05, 0.1) is 16.7 Å². The van der Waals surface area contributed by atoms with E-state index in [1.807, 2.05) is 0 Å². The number of rotatable bonds is 2. The fourth-order valence-electron chi connectivity index (χ4n) is 2.09. The first-order valence-corrected chi connectivity index (χ1v) is 6.12. The Morgan fingerprint density at radius 1 is 1.00 bits per heavy atom. The van der Waals surface area contributed by atoms with Crippen LogP contribution < -0.4 is 10.6 Å². The molecule has 0 aromatic heterocycles. The van der Waals surface area contributed by atoms with E-state index in [9.17, 15) is 18.8 Å². The smallest absolute Gasteiger partial charge is 0.259 e. The molecule has 104 valence electrons. The minimum absolute atomic E-state index is 0.0986. The average Bonchev–Trinajstić information content (AvgIpc) is 2.74. The summed E-state index contributed by atoms with van der Waals surface area (Å²) in [6, 6.07) is 9.87. The maximum Gasteiger partial charge on any atom is 0.259 e. The van der Waals surface area contributed by atoms with Crippen LogP contribution in [0.25, 0.3) is 0 Å². The van der Waals surface area contributed by atoms with E-state index in [2.05, 4.69) is 10.6 Å². The summed E-state index contributed by atoms with van der Waals surface area (Å²) >= 11 is 0. The van der Waals surface area contributed by atoms with Crippen molar-refractivity contribution in [3.63, 3.8) is 0 Å². The van der Waals surface area contributed by atoms with Gasteiger partial charge in [-0.05, 0) is 30.3 Å². The highest BCUT2D eigenvalue weighted by atomic mass is 19.1. The molecule has 0 radical (unpaired) electrons. The van der Waals surface area contributed by atoms with Gasteiger partial charge in [-0.2, -0.15) is 0 Å². The molecule has 0 saturated carbocycles. The maximum atomic E-state index is 13.5. The SMILES string of the molecule is O=C(Nc1ccc2c(c1)C(=O)NC2=O)c1ccccc1F. The third kappa shape index (κ3) is 2.27. The minimum Gasteiger partial charge on any atom is -0.322 e. The van der Waals surface area contributed by atoms with E-state index >= 15 is 0 Å². The molecule has 0 spiro atoms. The summed E-state index contributed by atoms with van der Waals surface area (Å²) < 4.78 is 13.5. The number of halogens is 1. The van der Waals surface area contributed by atoms with Crippen LogP contribution in [0.2, 0.25) is 0 Å². The number of fused-ring (bicyclic) bond motifs is 1. The van der Waals surface area contributed by atoms with Crippen LogP contribution in [0.1, 0.15) is 31.1 Å².